The largest absolute Gasteiger partial charge is 0.308 e. The molecular formula is C14H19ClN4S. The molecule has 0 atom stereocenters. The van der Waals surface area contributed by atoms with E-state index in [0.29, 0.717) is 23.4 Å². The van der Waals surface area contributed by atoms with Crippen molar-refractivity contribution < 1.29 is 0 Å². The lowest BCUT2D eigenvalue weighted by molar-refractivity contribution is 0.203. The van der Waals surface area contributed by atoms with Crippen molar-refractivity contribution in [2.45, 2.75) is 33.0 Å². The summed E-state index contributed by atoms with van der Waals surface area (Å²) < 4.78 is 0. The van der Waals surface area contributed by atoms with E-state index in [-0.39, 0.29) is 0 Å². The van der Waals surface area contributed by atoms with Gasteiger partial charge in [0.1, 0.15) is 5.82 Å². The Morgan fingerprint density at radius 2 is 2.15 bits per heavy atom. The van der Waals surface area contributed by atoms with Crippen LogP contribution in [0.15, 0.2) is 29.6 Å². The molecule has 0 aliphatic rings. The van der Waals surface area contributed by atoms with Crippen LogP contribution in [0.25, 0.3) is 0 Å². The van der Waals surface area contributed by atoms with Crippen molar-refractivity contribution in [3.63, 3.8) is 0 Å². The number of thiophene rings is 1. The lowest BCUT2D eigenvalue weighted by atomic mass is 10.2. The van der Waals surface area contributed by atoms with Crippen LogP contribution < -0.4 is 11.3 Å². The highest BCUT2D eigenvalue weighted by Gasteiger charge is 2.14. The summed E-state index contributed by atoms with van der Waals surface area (Å²) in [6.07, 6.45) is 0. The van der Waals surface area contributed by atoms with Crippen LogP contribution in [0.1, 0.15) is 24.4 Å². The van der Waals surface area contributed by atoms with Crippen molar-refractivity contribution in [2.24, 2.45) is 5.84 Å². The molecule has 2 heterocycles. The molecule has 0 saturated heterocycles. The van der Waals surface area contributed by atoms with Gasteiger partial charge >= 0.3 is 0 Å². The number of nitrogen functional groups attached to an aromatic ring is 1. The molecule has 20 heavy (non-hydrogen) atoms. The van der Waals surface area contributed by atoms with E-state index in [4.69, 9.17) is 17.4 Å². The summed E-state index contributed by atoms with van der Waals surface area (Å²) in [6, 6.07) is 8.22. The molecule has 0 bridgehead atoms. The first-order valence-electron chi connectivity index (χ1n) is 6.48. The van der Waals surface area contributed by atoms with E-state index in [9.17, 15) is 0 Å². The van der Waals surface area contributed by atoms with Gasteiger partial charge in [-0.25, -0.2) is 10.8 Å². The van der Waals surface area contributed by atoms with Crippen molar-refractivity contribution in [3.05, 3.63) is 45.2 Å². The second-order valence-electron chi connectivity index (χ2n) is 4.85. The molecule has 0 aliphatic heterocycles. The molecule has 0 unspecified atom stereocenters. The van der Waals surface area contributed by atoms with E-state index in [1.54, 1.807) is 17.4 Å². The molecule has 4 nitrogen and oxygen atoms in total. The molecule has 0 fully saturated rings. The van der Waals surface area contributed by atoms with E-state index in [1.165, 1.54) is 4.88 Å². The van der Waals surface area contributed by atoms with Crippen molar-refractivity contribution in [2.75, 3.05) is 5.43 Å². The number of pyridine rings is 1. The molecule has 0 aromatic carbocycles. The van der Waals surface area contributed by atoms with Crippen molar-refractivity contribution in [1.29, 1.82) is 0 Å². The first-order valence-corrected chi connectivity index (χ1v) is 7.74. The lowest BCUT2D eigenvalue weighted by Crippen LogP contribution is -2.30. The van der Waals surface area contributed by atoms with E-state index >= 15 is 0 Å². The molecule has 0 radical (unpaired) electrons. The number of rotatable bonds is 6. The summed E-state index contributed by atoms with van der Waals surface area (Å²) in [4.78, 5) is 8.11. The van der Waals surface area contributed by atoms with Crippen LogP contribution in [0.5, 0.6) is 0 Å². The molecule has 0 saturated carbocycles. The van der Waals surface area contributed by atoms with Crippen LogP contribution in [0.4, 0.5) is 5.82 Å². The second-order valence-corrected chi connectivity index (χ2v) is 6.29. The number of aromatic nitrogens is 1. The van der Waals surface area contributed by atoms with E-state index in [2.05, 4.69) is 46.7 Å². The van der Waals surface area contributed by atoms with Crippen LogP contribution >= 0.6 is 22.9 Å². The molecule has 0 spiro atoms. The molecule has 0 amide bonds. The predicted octanol–water partition coefficient (Wildman–Crippen LogP) is 3.49. The summed E-state index contributed by atoms with van der Waals surface area (Å²) in [5, 5.41) is 2.76. The quantitative estimate of drug-likeness (QED) is 0.633. The van der Waals surface area contributed by atoms with Crippen molar-refractivity contribution in [3.8, 4) is 0 Å². The van der Waals surface area contributed by atoms with Gasteiger partial charge in [0.05, 0.1) is 10.7 Å². The lowest BCUT2D eigenvalue weighted by Gasteiger charge is -2.26. The average molecular weight is 311 g/mol. The van der Waals surface area contributed by atoms with Gasteiger partial charge in [-0.1, -0.05) is 17.7 Å². The van der Waals surface area contributed by atoms with Gasteiger partial charge in [-0.05, 0) is 37.4 Å². The molecule has 2 rings (SSSR count). The van der Waals surface area contributed by atoms with Gasteiger partial charge in [-0.2, -0.15) is 0 Å². The van der Waals surface area contributed by atoms with Crippen molar-refractivity contribution >= 4 is 28.8 Å². The summed E-state index contributed by atoms with van der Waals surface area (Å²) >= 11 is 7.99. The third-order valence-corrected chi connectivity index (χ3v) is 4.29. The summed E-state index contributed by atoms with van der Waals surface area (Å²) in [5.41, 5.74) is 3.40. The maximum Gasteiger partial charge on any atom is 0.140 e. The topological polar surface area (TPSA) is 54.2 Å². The molecule has 0 aliphatic carbocycles. The zero-order chi connectivity index (χ0) is 14.5. The Hall–Kier alpha value is -1.14. The van der Waals surface area contributed by atoms with E-state index < -0.39 is 0 Å². The number of hydrogen-bond donors (Lipinski definition) is 2. The van der Waals surface area contributed by atoms with Crippen LogP contribution in [-0.2, 0) is 13.1 Å². The van der Waals surface area contributed by atoms with Gasteiger partial charge in [0.15, 0.2) is 0 Å². The summed E-state index contributed by atoms with van der Waals surface area (Å²) in [6.45, 7) is 5.94. The molecule has 2 aromatic heterocycles. The third kappa shape index (κ3) is 3.93. The van der Waals surface area contributed by atoms with Gasteiger partial charge < -0.3 is 5.43 Å². The zero-order valence-corrected chi connectivity index (χ0v) is 13.2. The maximum atomic E-state index is 6.23. The maximum absolute atomic E-state index is 6.23. The Labute approximate surface area is 128 Å². The Kier molecular flexibility index (Phi) is 5.37. The first-order chi connectivity index (χ1) is 9.60. The number of nitrogens with two attached hydrogens (primary N) is 1. The highest BCUT2D eigenvalue weighted by Crippen LogP contribution is 2.21. The Morgan fingerprint density at radius 3 is 2.75 bits per heavy atom. The average Bonchev–Trinajstić information content (AvgIpc) is 2.93. The zero-order valence-electron chi connectivity index (χ0n) is 11.6. The van der Waals surface area contributed by atoms with Gasteiger partial charge in [-0.15, -0.1) is 11.3 Å². The summed E-state index contributed by atoms with van der Waals surface area (Å²) in [7, 11) is 0. The predicted molar refractivity (Wildman–Crippen MR) is 85.8 cm³/mol. The summed E-state index contributed by atoms with van der Waals surface area (Å²) in [5.74, 6) is 6.03. The smallest absolute Gasteiger partial charge is 0.140 e. The van der Waals surface area contributed by atoms with Crippen LogP contribution in [0, 0.1) is 0 Å². The van der Waals surface area contributed by atoms with Crippen LogP contribution in [-0.4, -0.2) is 15.9 Å². The number of halogens is 1. The molecule has 3 N–H and O–H groups in total. The van der Waals surface area contributed by atoms with Gasteiger partial charge in [-0.3, -0.25) is 4.90 Å². The number of hydrogen-bond acceptors (Lipinski definition) is 5. The number of nitrogens with zero attached hydrogens (tertiary/aromatic N) is 2. The van der Waals surface area contributed by atoms with Crippen molar-refractivity contribution in [1.82, 2.24) is 9.88 Å². The van der Waals surface area contributed by atoms with E-state index in [0.717, 1.165) is 12.2 Å². The first kappa shape index (κ1) is 15.3. The minimum absolute atomic E-state index is 0.407. The minimum atomic E-state index is 0.407. The molecule has 2 aromatic rings. The number of anilines is 1. The highest BCUT2D eigenvalue weighted by molar-refractivity contribution is 7.09. The Bertz CT molecular complexity index is 542. The fraction of sp³-hybridized carbons (Fsp3) is 0.357. The molecule has 108 valence electrons. The SMILES string of the molecule is CC(C)N(Cc1cccs1)Cc1nc(NN)ccc1Cl. The Balaban J connectivity index is 2.15. The van der Waals surface area contributed by atoms with Gasteiger partial charge in [0.25, 0.3) is 0 Å². The normalized spacial score (nSPS) is 11.3. The fourth-order valence-electron chi connectivity index (χ4n) is 1.89. The van der Waals surface area contributed by atoms with Crippen LogP contribution in [0.3, 0.4) is 0 Å². The Morgan fingerprint density at radius 1 is 1.35 bits per heavy atom. The standard InChI is InChI=1S/C14H19ClN4S/c1-10(2)19(8-11-4-3-7-20-11)9-13-12(15)5-6-14(17-13)18-16/h3-7,10H,8-9,16H2,1-2H3,(H,17,18). The van der Waals surface area contributed by atoms with Crippen LogP contribution in [0.2, 0.25) is 5.02 Å². The molecular weight excluding hydrogens is 292 g/mol. The molecule has 6 heteroatoms. The van der Waals surface area contributed by atoms with Gasteiger partial charge in [0, 0.05) is 24.0 Å². The third-order valence-electron chi connectivity index (χ3n) is 3.09. The monoisotopic (exact) mass is 310 g/mol. The number of hydrazine groups is 1. The fourth-order valence-corrected chi connectivity index (χ4v) is 2.79. The second kappa shape index (κ2) is 7.04. The minimum Gasteiger partial charge on any atom is -0.308 e. The highest BCUT2D eigenvalue weighted by atomic mass is 35.5. The van der Waals surface area contributed by atoms with E-state index in [1.807, 2.05) is 6.07 Å². The number of nitrogens with one attached hydrogen (secondary N) is 1. The van der Waals surface area contributed by atoms with Gasteiger partial charge in [0.2, 0.25) is 0 Å².